The number of benzene rings is 1. The van der Waals surface area contributed by atoms with E-state index in [-0.39, 0.29) is 29.1 Å². The number of fused-ring (bicyclic) bond motifs is 1. The van der Waals surface area contributed by atoms with Crippen molar-refractivity contribution in [1.29, 1.82) is 0 Å². The Hall–Kier alpha value is -2.24. The van der Waals surface area contributed by atoms with Gasteiger partial charge < -0.3 is 10.1 Å². The number of carbonyl (C=O) groups excluding carboxylic acids is 1. The molecule has 1 aromatic carbocycles. The minimum Gasteiger partial charge on any atom is -0.495 e. The van der Waals surface area contributed by atoms with Gasteiger partial charge in [-0.3, -0.25) is 9.69 Å². The largest absolute Gasteiger partial charge is 0.495 e. The molecule has 1 N–H and O–H groups in total. The van der Waals surface area contributed by atoms with Gasteiger partial charge in [-0.25, -0.2) is 12.7 Å². The number of methoxy groups -OCH3 is 1. The molecule has 0 saturated heterocycles. The molecule has 1 aliphatic rings. The quantitative estimate of drug-likeness (QED) is 0.546. The van der Waals surface area contributed by atoms with Crippen molar-refractivity contribution < 1.29 is 17.9 Å². The van der Waals surface area contributed by atoms with Crippen LogP contribution in [0.1, 0.15) is 21.4 Å². The van der Waals surface area contributed by atoms with E-state index in [1.807, 2.05) is 6.07 Å². The second-order valence-electron chi connectivity index (χ2n) is 7.64. The zero-order valence-corrected chi connectivity index (χ0v) is 20.5. The molecule has 1 atom stereocenters. The number of thiophene rings is 2. The minimum absolute atomic E-state index is 0.0140. The lowest BCUT2D eigenvalue weighted by molar-refractivity contribution is -0.117. The Labute approximate surface area is 196 Å². The predicted octanol–water partition coefficient (Wildman–Crippen LogP) is 3.65. The average Bonchev–Trinajstić information content (AvgIpc) is 3.45. The van der Waals surface area contributed by atoms with E-state index in [4.69, 9.17) is 4.74 Å². The summed E-state index contributed by atoms with van der Waals surface area (Å²) >= 11 is 3.45. The van der Waals surface area contributed by atoms with E-state index in [1.54, 1.807) is 34.8 Å². The van der Waals surface area contributed by atoms with Crippen LogP contribution in [-0.4, -0.2) is 57.8 Å². The van der Waals surface area contributed by atoms with Gasteiger partial charge in [-0.15, -0.1) is 22.7 Å². The van der Waals surface area contributed by atoms with E-state index in [0.29, 0.717) is 5.69 Å². The number of nitrogens with zero attached hydrogens (tertiary/aromatic N) is 2. The normalized spacial score (nSPS) is 16.7. The number of carbonyl (C=O) groups is 1. The van der Waals surface area contributed by atoms with Crippen molar-refractivity contribution in [2.75, 3.05) is 39.6 Å². The zero-order valence-electron chi connectivity index (χ0n) is 18.1. The van der Waals surface area contributed by atoms with Crippen LogP contribution in [0.25, 0.3) is 0 Å². The van der Waals surface area contributed by atoms with E-state index in [2.05, 4.69) is 33.1 Å². The number of ether oxygens (including phenoxy) is 1. The fraction of sp³-hybridized carbons (Fsp3) is 0.318. The highest BCUT2D eigenvalue weighted by Gasteiger charge is 2.31. The van der Waals surface area contributed by atoms with Crippen LogP contribution in [0.4, 0.5) is 5.69 Å². The molecule has 32 heavy (non-hydrogen) atoms. The average molecular weight is 492 g/mol. The first kappa shape index (κ1) is 22.9. The van der Waals surface area contributed by atoms with Gasteiger partial charge in [0.15, 0.2) is 0 Å². The molecule has 7 nitrogen and oxygen atoms in total. The van der Waals surface area contributed by atoms with Crippen molar-refractivity contribution in [3.05, 3.63) is 62.5 Å². The van der Waals surface area contributed by atoms with Crippen LogP contribution in [0.15, 0.2) is 52.1 Å². The monoisotopic (exact) mass is 491 g/mol. The van der Waals surface area contributed by atoms with E-state index < -0.39 is 10.0 Å². The Morgan fingerprint density at radius 2 is 2.03 bits per heavy atom. The second kappa shape index (κ2) is 9.32. The fourth-order valence-corrected chi connectivity index (χ4v) is 6.71. The molecule has 0 saturated carbocycles. The Morgan fingerprint density at radius 3 is 2.72 bits per heavy atom. The van der Waals surface area contributed by atoms with Crippen LogP contribution in [0, 0.1) is 0 Å². The molecule has 1 aliphatic heterocycles. The maximum Gasteiger partial charge on any atom is 0.246 e. The summed E-state index contributed by atoms with van der Waals surface area (Å²) in [4.78, 5) is 17.7. The van der Waals surface area contributed by atoms with Gasteiger partial charge in [-0.05, 0) is 53.1 Å². The van der Waals surface area contributed by atoms with Crippen molar-refractivity contribution in [2.24, 2.45) is 0 Å². The summed E-state index contributed by atoms with van der Waals surface area (Å²) < 4.78 is 31.7. The van der Waals surface area contributed by atoms with E-state index in [0.717, 1.165) is 17.3 Å². The molecule has 4 rings (SSSR count). The van der Waals surface area contributed by atoms with Crippen molar-refractivity contribution >= 4 is 44.3 Å². The predicted molar refractivity (Wildman–Crippen MR) is 128 cm³/mol. The zero-order chi connectivity index (χ0) is 22.9. The number of hydrogen-bond acceptors (Lipinski definition) is 7. The van der Waals surface area contributed by atoms with E-state index in [1.165, 1.54) is 42.6 Å². The van der Waals surface area contributed by atoms with Gasteiger partial charge in [-0.1, -0.05) is 6.07 Å². The minimum atomic E-state index is -3.72. The van der Waals surface area contributed by atoms with Gasteiger partial charge in [0, 0.05) is 36.1 Å². The Morgan fingerprint density at radius 1 is 1.22 bits per heavy atom. The van der Waals surface area contributed by atoms with Crippen LogP contribution in [0.5, 0.6) is 5.75 Å². The molecular formula is C22H25N3O4S3. The molecule has 0 fully saturated rings. The summed E-state index contributed by atoms with van der Waals surface area (Å²) in [6.07, 6.45) is 0.913. The summed E-state index contributed by atoms with van der Waals surface area (Å²) in [7, 11) is 0.614. The van der Waals surface area contributed by atoms with Gasteiger partial charge >= 0.3 is 0 Å². The summed E-state index contributed by atoms with van der Waals surface area (Å²) in [6, 6.07) is 11.0. The molecule has 0 bridgehead atoms. The van der Waals surface area contributed by atoms with Crippen molar-refractivity contribution in [3.63, 3.8) is 0 Å². The third-order valence-electron chi connectivity index (χ3n) is 5.43. The van der Waals surface area contributed by atoms with Crippen molar-refractivity contribution in [2.45, 2.75) is 17.4 Å². The SMILES string of the molecule is COc1ccc(NC(=O)CN2CCc3sccc3[C@@H]2c2cccs2)cc1S(=O)(=O)N(C)C. The van der Waals surface area contributed by atoms with E-state index in [9.17, 15) is 13.2 Å². The topological polar surface area (TPSA) is 79.0 Å². The summed E-state index contributed by atoms with van der Waals surface area (Å²) in [5, 5.41) is 7.03. The Balaban J connectivity index is 1.55. The summed E-state index contributed by atoms with van der Waals surface area (Å²) in [5.41, 5.74) is 1.68. The van der Waals surface area contributed by atoms with Gasteiger partial charge in [0.2, 0.25) is 15.9 Å². The van der Waals surface area contributed by atoms with Crippen LogP contribution in [-0.2, 0) is 21.2 Å². The molecule has 170 valence electrons. The molecule has 3 heterocycles. The maximum atomic E-state index is 13.0. The lowest BCUT2D eigenvalue weighted by Gasteiger charge is -2.34. The fourth-order valence-electron chi connectivity index (χ4n) is 3.86. The van der Waals surface area contributed by atoms with Crippen molar-refractivity contribution in [1.82, 2.24) is 9.21 Å². The molecule has 0 spiro atoms. The van der Waals surface area contributed by atoms with E-state index >= 15 is 0 Å². The Kier molecular flexibility index (Phi) is 6.68. The first-order chi connectivity index (χ1) is 15.3. The number of rotatable bonds is 7. The molecule has 2 aromatic heterocycles. The van der Waals surface area contributed by atoms with Gasteiger partial charge in [0.05, 0.1) is 19.7 Å². The van der Waals surface area contributed by atoms with Gasteiger partial charge in [0.1, 0.15) is 10.6 Å². The number of nitrogens with one attached hydrogen (secondary N) is 1. The van der Waals surface area contributed by atoms with Gasteiger partial charge in [0.25, 0.3) is 0 Å². The van der Waals surface area contributed by atoms with Crippen molar-refractivity contribution in [3.8, 4) is 5.75 Å². The third kappa shape index (κ3) is 4.46. The second-order valence-corrected chi connectivity index (χ2v) is 11.7. The molecule has 1 amide bonds. The third-order valence-corrected chi connectivity index (χ3v) is 9.19. The molecule has 0 unspecified atom stereocenters. The number of amides is 1. The van der Waals surface area contributed by atoms with Gasteiger partial charge in [-0.2, -0.15) is 0 Å². The lowest BCUT2D eigenvalue weighted by Crippen LogP contribution is -2.40. The standard InChI is InChI=1S/C22H25N3O4S3/c1-24(2)32(27,28)20-13-15(6-7-17(20)29-3)23-21(26)14-25-10-8-18-16(9-12-31-18)22(25)19-5-4-11-30-19/h4-7,9,11-13,22H,8,10,14H2,1-3H3,(H,23,26)/t22-/m1/s1. The molecule has 0 aliphatic carbocycles. The smallest absolute Gasteiger partial charge is 0.246 e. The Bertz CT molecular complexity index is 1200. The molecular weight excluding hydrogens is 466 g/mol. The molecule has 10 heteroatoms. The summed E-state index contributed by atoms with van der Waals surface area (Å²) in [5.74, 6) is 0.0408. The number of anilines is 1. The lowest BCUT2D eigenvalue weighted by atomic mass is 9.98. The molecule has 0 radical (unpaired) electrons. The van der Waals surface area contributed by atoms with Crippen LogP contribution >= 0.6 is 22.7 Å². The number of sulfonamides is 1. The first-order valence-corrected chi connectivity index (χ1v) is 13.3. The summed E-state index contributed by atoms with van der Waals surface area (Å²) in [6.45, 7) is 0.992. The molecule has 3 aromatic rings. The van der Waals surface area contributed by atoms with Crippen LogP contribution in [0.2, 0.25) is 0 Å². The highest BCUT2D eigenvalue weighted by molar-refractivity contribution is 7.89. The van der Waals surface area contributed by atoms with Crippen LogP contribution in [0.3, 0.4) is 0 Å². The number of hydrogen-bond donors (Lipinski definition) is 1. The maximum absolute atomic E-state index is 13.0. The highest BCUT2D eigenvalue weighted by atomic mass is 32.2. The van der Waals surface area contributed by atoms with Crippen LogP contribution < -0.4 is 10.1 Å². The highest BCUT2D eigenvalue weighted by Crippen LogP contribution is 2.39. The first-order valence-electron chi connectivity index (χ1n) is 10.1.